The van der Waals surface area contributed by atoms with E-state index in [1.807, 2.05) is 24.3 Å². The predicted molar refractivity (Wildman–Crippen MR) is 93.9 cm³/mol. The number of likely N-dealkylation sites (tertiary alicyclic amines) is 1. The summed E-state index contributed by atoms with van der Waals surface area (Å²) in [6.45, 7) is 4.02. The summed E-state index contributed by atoms with van der Waals surface area (Å²) in [4.78, 5) is 26.1. The molecular formula is C19H28N2O3. The molecule has 2 rings (SSSR count). The molecule has 1 unspecified atom stereocenters. The topological polar surface area (TPSA) is 58.6 Å². The fraction of sp³-hybridized carbons (Fsp3) is 0.579. The molecule has 0 bridgehead atoms. The van der Waals surface area contributed by atoms with Gasteiger partial charge in [-0.2, -0.15) is 0 Å². The molecule has 1 fully saturated rings. The second kappa shape index (κ2) is 9.30. The van der Waals surface area contributed by atoms with Crippen molar-refractivity contribution in [1.82, 2.24) is 10.2 Å². The highest BCUT2D eigenvalue weighted by Gasteiger charge is 2.33. The first-order valence-electron chi connectivity index (χ1n) is 8.82. The van der Waals surface area contributed by atoms with E-state index in [4.69, 9.17) is 4.74 Å². The Morgan fingerprint density at radius 3 is 2.96 bits per heavy atom. The van der Waals surface area contributed by atoms with Gasteiger partial charge in [-0.3, -0.25) is 9.59 Å². The molecule has 24 heavy (non-hydrogen) atoms. The maximum Gasteiger partial charge on any atom is 0.225 e. The smallest absolute Gasteiger partial charge is 0.225 e. The lowest BCUT2D eigenvalue weighted by molar-refractivity contribution is -0.129. The van der Waals surface area contributed by atoms with E-state index < -0.39 is 0 Å². The fourth-order valence-electron chi connectivity index (χ4n) is 2.99. The van der Waals surface area contributed by atoms with Crippen molar-refractivity contribution < 1.29 is 14.3 Å². The van der Waals surface area contributed by atoms with E-state index in [9.17, 15) is 9.59 Å². The van der Waals surface area contributed by atoms with Crippen LogP contribution in [-0.2, 0) is 16.0 Å². The fourth-order valence-corrected chi connectivity index (χ4v) is 2.99. The maximum absolute atomic E-state index is 12.2. The molecule has 0 radical (unpaired) electrons. The summed E-state index contributed by atoms with van der Waals surface area (Å²) in [6.07, 6.45) is 4.36. The van der Waals surface area contributed by atoms with E-state index in [0.717, 1.165) is 37.0 Å². The van der Waals surface area contributed by atoms with E-state index >= 15 is 0 Å². The SMILES string of the molecule is CCCCCNC(=O)C1CC(=O)N(CCc2cccc(OC)c2)C1. The molecule has 1 aliphatic rings. The number of carbonyl (C=O) groups is 2. The van der Waals surface area contributed by atoms with Crippen molar-refractivity contribution in [1.29, 1.82) is 0 Å². The number of methoxy groups -OCH3 is 1. The van der Waals surface area contributed by atoms with E-state index in [1.165, 1.54) is 0 Å². The summed E-state index contributed by atoms with van der Waals surface area (Å²) in [5.41, 5.74) is 1.13. The Labute approximate surface area is 144 Å². The van der Waals surface area contributed by atoms with Crippen molar-refractivity contribution in [2.45, 2.75) is 39.0 Å². The van der Waals surface area contributed by atoms with Crippen LogP contribution in [0.5, 0.6) is 5.75 Å². The van der Waals surface area contributed by atoms with Crippen molar-refractivity contribution in [2.75, 3.05) is 26.7 Å². The molecule has 1 N–H and O–H groups in total. The third-order valence-electron chi connectivity index (χ3n) is 4.47. The van der Waals surface area contributed by atoms with Crippen LogP contribution in [0, 0.1) is 5.92 Å². The van der Waals surface area contributed by atoms with Crippen LogP contribution in [0.2, 0.25) is 0 Å². The highest BCUT2D eigenvalue weighted by molar-refractivity contribution is 5.89. The minimum absolute atomic E-state index is 0.0170. The minimum Gasteiger partial charge on any atom is -0.497 e. The van der Waals surface area contributed by atoms with Gasteiger partial charge in [0.25, 0.3) is 0 Å². The third-order valence-corrected chi connectivity index (χ3v) is 4.47. The summed E-state index contributed by atoms with van der Waals surface area (Å²) in [5.74, 6) is 0.712. The Hall–Kier alpha value is -2.04. The highest BCUT2D eigenvalue weighted by Crippen LogP contribution is 2.19. The van der Waals surface area contributed by atoms with E-state index in [0.29, 0.717) is 26.1 Å². The number of hydrogen-bond acceptors (Lipinski definition) is 3. The first-order chi connectivity index (χ1) is 11.6. The van der Waals surface area contributed by atoms with Crippen LogP contribution in [0.3, 0.4) is 0 Å². The molecule has 1 aromatic rings. The quantitative estimate of drug-likeness (QED) is 0.707. The van der Waals surface area contributed by atoms with Gasteiger partial charge in [-0.25, -0.2) is 0 Å². The van der Waals surface area contributed by atoms with E-state index in [1.54, 1.807) is 12.0 Å². The van der Waals surface area contributed by atoms with Crippen molar-refractivity contribution >= 4 is 11.8 Å². The van der Waals surface area contributed by atoms with E-state index in [2.05, 4.69) is 12.2 Å². The summed E-state index contributed by atoms with van der Waals surface area (Å²) in [6, 6.07) is 7.87. The molecule has 1 heterocycles. The average molecular weight is 332 g/mol. The monoisotopic (exact) mass is 332 g/mol. The second-order valence-corrected chi connectivity index (χ2v) is 6.34. The van der Waals surface area contributed by atoms with Crippen LogP contribution in [-0.4, -0.2) is 43.5 Å². The number of unbranched alkanes of at least 4 members (excludes halogenated alkanes) is 2. The van der Waals surface area contributed by atoms with Crippen molar-refractivity contribution in [3.63, 3.8) is 0 Å². The van der Waals surface area contributed by atoms with E-state index in [-0.39, 0.29) is 17.7 Å². The first kappa shape index (κ1) is 18.3. The number of nitrogens with one attached hydrogen (secondary N) is 1. The van der Waals surface area contributed by atoms with Gasteiger partial charge in [0.2, 0.25) is 11.8 Å². The first-order valence-corrected chi connectivity index (χ1v) is 8.82. The molecule has 1 aromatic carbocycles. The number of benzene rings is 1. The Balaban J connectivity index is 1.78. The van der Waals surface area contributed by atoms with Gasteiger partial charge >= 0.3 is 0 Å². The zero-order valence-electron chi connectivity index (χ0n) is 14.7. The summed E-state index contributed by atoms with van der Waals surface area (Å²) >= 11 is 0. The lowest BCUT2D eigenvalue weighted by Crippen LogP contribution is -2.34. The van der Waals surface area contributed by atoms with Gasteiger partial charge in [0.1, 0.15) is 5.75 Å². The molecule has 5 nitrogen and oxygen atoms in total. The highest BCUT2D eigenvalue weighted by atomic mass is 16.5. The Morgan fingerprint density at radius 1 is 1.38 bits per heavy atom. The Bertz CT molecular complexity index is 559. The Morgan fingerprint density at radius 2 is 2.21 bits per heavy atom. The van der Waals surface area contributed by atoms with Gasteiger partial charge in [0, 0.05) is 26.1 Å². The molecule has 0 spiro atoms. The molecule has 1 atom stereocenters. The minimum atomic E-state index is -0.204. The largest absolute Gasteiger partial charge is 0.497 e. The van der Waals surface area contributed by atoms with Gasteiger partial charge in [-0.1, -0.05) is 31.9 Å². The third kappa shape index (κ3) is 5.25. The number of carbonyl (C=O) groups excluding carboxylic acids is 2. The van der Waals surface area contributed by atoms with Crippen LogP contribution in [0.4, 0.5) is 0 Å². The number of ether oxygens (including phenoxy) is 1. The number of rotatable bonds is 9. The zero-order valence-corrected chi connectivity index (χ0v) is 14.7. The number of hydrogen-bond donors (Lipinski definition) is 1. The van der Waals surface area contributed by atoms with Crippen LogP contribution in [0.15, 0.2) is 24.3 Å². The van der Waals surface area contributed by atoms with Crippen LogP contribution < -0.4 is 10.1 Å². The second-order valence-electron chi connectivity index (χ2n) is 6.34. The standard InChI is InChI=1S/C19H28N2O3/c1-3-4-5-10-20-19(23)16-13-18(22)21(14-16)11-9-15-7-6-8-17(12-15)24-2/h6-8,12,16H,3-5,9-11,13-14H2,1-2H3,(H,20,23). The number of nitrogens with zero attached hydrogens (tertiary/aromatic N) is 1. The molecule has 0 aromatic heterocycles. The normalized spacial score (nSPS) is 17.2. The molecule has 0 aliphatic carbocycles. The van der Waals surface area contributed by atoms with Gasteiger partial charge in [-0.05, 0) is 30.5 Å². The van der Waals surface area contributed by atoms with Gasteiger partial charge in [0.05, 0.1) is 13.0 Å². The molecule has 1 aliphatic heterocycles. The Kier molecular flexibility index (Phi) is 7.09. The van der Waals surface area contributed by atoms with Crippen molar-refractivity contribution in [3.05, 3.63) is 29.8 Å². The van der Waals surface area contributed by atoms with Crippen LogP contribution in [0.1, 0.15) is 38.2 Å². The zero-order chi connectivity index (χ0) is 17.4. The predicted octanol–water partition coefficient (Wildman–Crippen LogP) is 2.39. The van der Waals surface area contributed by atoms with Gasteiger partial charge < -0.3 is 15.0 Å². The molecule has 2 amide bonds. The summed E-state index contributed by atoms with van der Waals surface area (Å²) in [7, 11) is 1.65. The van der Waals surface area contributed by atoms with Gasteiger partial charge in [0.15, 0.2) is 0 Å². The number of amides is 2. The average Bonchev–Trinajstić information content (AvgIpc) is 2.98. The molecule has 0 saturated carbocycles. The summed E-state index contributed by atoms with van der Waals surface area (Å²) in [5, 5.41) is 2.96. The van der Waals surface area contributed by atoms with Gasteiger partial charge in [-0.15, -0.1) is 0 Å². The molecular weight excluding hydrogens is 304 g/mol. The van der Waals surface area contributed by atoms with Crippen molar-refractivity contribution in [2.24, 2.45) is 5.92 Å². The van der Waals surface area contributed by atoms with Crippen LogP contribution in [0.25, 0.3) is 0 Å². The lowest BCUT2D eigenvalue weighted by Gasteiger charge is -2.17. The summed E-state index contributed by atoms with van der Waals surface area (Å²) < 4.78 is 5.22. The van der Waals surface area contributed by atoms with Crippen molar-refractivity contribution in [3.8, 4) is 5.75 Å². The molecule has 1 saturated heterocycles. The lowest BCUT2D eigenvalue weighted by atomic mass is 10.1. The molecule has 132 valence electrons. The van der Waals surface area contributed by atoms with Crippen LogP contribution >= 0.6 is 0 Å². The molecule has 5 heteroatoms. The maximum atomic E-state index is 12.2.